The Kier molecular flexibility index (Phi) is 5.00. The van der Waals surface area contributed by atoms with Crippen molar-refractivity contribution < 1.29 is 9.59 Å². The Bertz CT molecular complexity index is 788. The van der Waals surface area contributed by atoms with Crippen LogP contribution in [0.5, 0.6) is 0 Å². The third kappa shape index (κ3) is 3.35. The van der Waals surface area contributed by atoms with Crippen molar-refractivity contribution in [1.29, 1.82) is 0 Å². The van der Waals surface area contributed by atoms with Gasteiger partial charge in [0.05, 0.1) is 11.9 Å². The van der Waals surface area contributed by atoms with E-state index in [0.29, 0.717) is 24.5 Å². The summed E-state index contributed by atoms with van der Waals surface area (Å²) in [6.07, 6.45) is 3.90. The summed E-state index contributed by atoms with van der Waals surface area (Å²) < 4.78 is 0. The summed E-state index contributed by atoms with van der Waals surface area (Å²) in [6, 6.07) is 3.50. The van der Waals surface area contributed by atoms with Crippen molar-refractivity contribution in [3.8, 4) is 0 Å². The Morgan fingerprint density at radius 1 is 1.28 bits per heavy atom. The number of anilines is 2. The first-order chi connectivity index (χ1) is 11.7. The maximum absolute atomic E-state index is 12.4. The Balaban J connectivity index is 0.00000182. The van der Waals surface area contributed by atoms with Crippen LogP contribution < -0.4 is 15.5 Å². The maximum Gasteiger partial charge on any atom is 0.277 e. The second-order valence-corrected chi connectivity index (χ2v) is 5.96. The lowest BCUT2D eigenvalue weighted by Gasteiger charge is -2.15. The minimum absolute atomic E-state index is 0. The number of pyridine rings is 1. The van der Waals surface area contributed by atoms with E-state index in [0.717, 1.165) is 42.9 Å². The summed E-state index contributed by atoms with van der Waals surface area (Å²) in [7, 11) is 0. The zero-order chi connectivity index (χ0) is 16.5. The van der Waals surface area contributed by atoms with Crippen LogP contribution in [0, 0.1) is 0 Å². The van der Waals surface area contributed by atoms with Crippen LogP contribution in [0.2, 0.25) is 0 Å². The topological polar surface area (TPSA) is 103 Å². The van der Waals surface area contributed by atoms with Gasteiger partial charge < -0.3 is 15.5 Å². The van der Waals surface area contributed by atoms with Gasteiger partial charge in [0.15, 0.2) is 5.69 Å². The quantitative estimate of drug-likeness (QED) is 0.762. The van der Waals surface area contributed by atoms with Crippen molar-refractivity contribution in [3.63, 3.8) is 0 Å². The summed E-state index contributed by atoms with van der Waals surface area (Å²) in [5.41, 5.74) is 3.09. The van der Waals surface area contributed by atoms with Gasteiger partial charge in [0.25, 0.3) is 5.91 Å². The molecule has 0 aliphatic carbocycles. The lowest BCUT2D eigenvalue weighted by Crippen LogP contribution is -2.25. The van der Waals surface area contributed by atoms with Crippen molar-refractivity contribution in [3.05, 3.63) is 35.3 Å². The van der Waals surface area contributed by atoms with E-state index in [-0.39, 0.29) is 24.2 Å². The predicted molar refractivity (Wildman–Crippen MR) is 95.0 cm³/mol. The highest BCUT2D eigenvalue weighted by atomic mass is 35.5. The van der Waals surface area contributed by atoms with Gasteiger partial charge in [-0.25, -0.2) is 4.98 Å². The molecule has 25 heavy (non-hydrogen) atoms. The number of nitrogens with zero attached hydrogens (tertiary/aromatic N) is 3. The van der Waals surface area contributed by atoms with Crippen molar-refractivity contribution in [2.45, 2.75) is 25.8 Å². The van der Waals surface area contributed by atoms with Crippen molar-refractivity contribution in [2.24, 2.45) is 0 Å². The fourth-order valence-corrected chi connectivity index (χ4v) is 3.13. The second kappa shape index (κ2) is 7.20. The summed E-state index contributed by atoms with van der Waals surface area (Å²) >= 11 is 0. The fraction of sp³-hybridized carbons (Fsp3) is 0.375. The number of hydrogen-bond donors (Lipinski definition) is 3. The number of rotatable bonds is 3. The molecule has 2 aliphatic heterocycles. The number of hydrogen-bond acceptors (Lipinski definition) is 5. The summed E-state index contributed by atoms with van der Waals surface area (Å²) in [5, 5.41) is 13.1. The molecular weight excluding hydrogens is 344 g/mol. The van der Waals surface area contributed by atoms with E-state index < -0.39 is 0 Å². The molecule has 0 saturated carbocycles. The van der Waals surface area contributed by atoms with Gasteiger partial charge in [-0.2, -0.15) is 5.10 Å². The van der Waals surface area contributed by atoms with Gasteiger partial charge in [0, 0.05) is 43.7 Å². The average molecular weight is 363 g/mol. The van der Waals surface area contributed by atoms with Crippen molar-refractivity contribution in [2.75, 3.05) is 23.3 Å². The normalized spacial score (nSPS) is 16.3. The van der Waals surface area contributed by atoms with E-state index >= 15 is 0 Å². The van der Waals surface area contributed by atoms with Crippen LogP contribution in [0.25, 0.3) is 0 Å². The van der Waals surface area contributed by atoms with Gasteiger partial charge in [-0.3, -0.25) is 14.7 Å². The number of carbonyl (C=O) groups is 2. The molecule has 2 amide bonds. The van der Waals surface area contributed by atoms with Gasteiger partial charge in [0.1, 0.15) is 5.82 Å². The average Bonchev–Trinajstić information content (AvgIpc) is 3.22. The van der Waals surface area contributed by atoms with E-state index in [1.165, 1.54) is 0 Å². The number of H-pyrrole nitrogens is 1. The minimum Gasteiger partial charge on any atom is -0.312 e. The van der Waals surface area contributed by atoms with Crippen molar-refractivity contribution in [1.82, 2.24) is 20.5 Å². The summed E-state index contributed by atoms with van der Waals surface area (Å²) in [6.45, 7) is 2.24. The number of fused-ring (bicyclic) bond motifs is 1. The lowest BCUT2D eigenvalue weighted by molar-refractivity contribution is -0.117. The largest absolute Gasteiger partial charge is 0.312 e. The molecule has 8 nitrogen and oxygen atoms in total. The fourth-order valence-electron chi connectivity index (χ4n) is 3.13. The Morgan fingerprint density at radius 3 is 2.88 bits per heavy atom. The van der Waals surface area contributed by atoms with E-state index in [1.54, 1.807) is 23.2 Å². The van der Waals surface area contributed by atoms with Crippen LogP contribution >= 0.6 is 12.4 Å². The van der Waals surface area contributed by atoms with Crippen molar-refractivity contribution >= 4 is 35.7 Å². The molecule has 0 spiro atoms. The van der Waals surface area contributed by atoms with Crippen LogP contribution in [0.3, 0.4) is 0 Å². The first-order valence-corrected chi connectivity index (χ1v) is 8.07. The molecule has 0 radical (unpaired) electrons. The Morgan fingerprint density at radius 2 is 2.16 bits per heavy atom. The second-order valence-electron chi connectivity index (χ2n) is 5.96. The number of nitrogens with one attached hydrogen (secondary N) is 3. The maximum atomic E-state index is 12.4. The molecule has 2 aliphatic rings. The molecule has 2 aromatic heterocycles. The lowest BCUT2D eigenvalue weighted by atomic mass is 10.1. The SMILES string of the molecule is Cl.O=C(Nc1ccc(N2CCCC2=O)cn1)c1n[nH]c2c1CNCC2. The molecule has 2 aromatic rings. The van der Waals surface area contributed by atoms with E-state index in [1.807, 2.05) is 0 Å². The molecule has 4 rings (SSSR count). The number of amides is 2. The third-order valence-corrected chi connectivity index (χ3v) is 4.40. The number of aromatic nitrogens is 3. The van der Waals surface area contributed by atoms with Gasteiger partial charge in [-0.1, -0.05) is 0 Å². The van der Waals surface area contributed by atoms with Crippen LogP contribution in [0.4, 0.5) is 11.5 Å². The smallest absolute Gasteiger partial charge is 0.277 e. The van der Waals surface area contributed by atoms with E-state index in [4.69, 9.17) is 0 Å². The zero-order valence-electron chi connectivity index (χ0n) is 13.5. The predicted octanol–water partition coefficient (Wildman–Crippen LogP) is 1.25. The van der Waals surface area contributed by atoms with Crippen LogP contribution in [0.15, 0.2) is 18.3 Å². The molecule has 4 heterocycles. The molecule has 132 valence electrons. The zero-order valence-corrected chi connectivity index (χ0v) is 14.4. The molecule has 0 aromatic carbocycles. The molecule has 0 atom stereocenters. The number of aromatic amines is 1. The van der Waals surface area contributed by atoms with E-state index in [2.05, 4.69) is 25.8 Å². The highest BCUT2D eigenvalue weighted by molar-refractivity contribution is 6.03. The number of carbonyl (C=O) groups excluding carboxylic acids is 2. The molecule has 3 N–H and O–H groups in total. The first-order valence-electron chi connectivity index (χ1n) is 8.07. The number of halogens is 1. The summed E-state index contributed by atoms with van der Waals surface area (Å²) in [4.78, 5) is 30.1. The Hall–Kier alpha value is -2.45. The molecule has 0 bridgehead atoms. The highest BCUT2D eigenvalue weighted by Crippen LogP contribution is 2.22. The highest BCUT2D eigenvalue weighted by Gasteiger charge is 2.23. The third-order valence-electron chi connectivity index (χ3n) is 4.40. The summed E-state index contributed by atoms with van der Waals surface area (Å²) in [5.74, 6) is 0.272. The standard InChI is InChI=1S/C16H18N6O2.ClH/c23-14-2-1-7-22(14)10-3-4-13(18-8-10)19-16(24)15-11-9-17-6-5-12(11)20-21-15;/h3-4,8,17H,1-2,5-7,9H2,(H,20,21)(H,18,19,24);1H. The van der Waals surface area contributed by atoms with Crippen LogP contribution in [-0.4, -0.2) is 40.1 Å². The van der Waals surface area contributed by atoms with Crippen LogP contribution in [0.1, 0.15) is 34.6 Å². The van der Waals surface area contributed by atoms with Gasteiger partial charge >= 0.3 is 0 Å². The Labute approximate surface area is 150 Å². The minimum atomic E-state index is -0.284. The van der Waals surface area contributed by atoms with Gasteiger partial charge in [-0.05, 0) is 18.6 Å². The molecule has 1 saturated heterocycles. The van der Waals surface area contributed by atoms with Gasteiger partial charge in [0.2, 0.25) is 5.91 Å². The first kappa shape index (κ1) is 17.4. The molecule has 1 fully saturated rings. The monoisotopic (exact) mass is 362 g/mol. The van der Waals surface area contributed by atoms with Crippen LogP contribution in [-0.2, 0) is 17.8 Å². The molecular formula is C16H19ClN6O2. The molecule has 9 heteroatoms. The van der Waals surface area contributed by atoms with E-state index in [9.17, 15) is 9.59 Å². The van der Waals surface area contributed by atoms with Gasteiger partial charge in [-0.15, -0.1) is 12.4 Å². The molecule has 0 unspecified atom stereocenters.